The van der Waals surface area contributed by atoms with Gasteiger partial charge in [-0.1, -0.05) is 26.2 Å². The molecule has 1 aliphatic carbocycles. The predicted molar refractivity (Wildman–Crippen MR) is 81.6 cm³/mol. The number of hydrogen-bond acceptors (Lipinski definition) is 3. The Hall–Kier alpha value is -0.480. The molecule has 0 saturated heterocycles. The number of rotatable bonds is 6. The first-order valence-electron chi connectivity index (χ1n) is 7.50. The Balaban J connectivity index is 1.76. The zero-order valence-electron chi connectivity index (χ0n) is 12.1. The Morgan fingerprint density at radius 1 is 1.42 bits per heavy atom. The quantitative estimate of drug-likeness (QED) is 0.872. The number of aliphatic hydroxyl groups excluding tert-OH is 1. The van der Waals surface area contributed by atoms with Crippen LogP contribution in [0.1, 0.15) is 50.4 Å². The van der Waals surface area contributed by atoms with Crippen molar-refractivity contribution in [2.24, 2.45) is 7.05 Å². The van der Waals surface area contributed by atoms with Crippen molar-refractivity contribution < 1.29 is 5.11 Å². The van der Waals surface area contributed by atoms with Crippen LogP contribution in [0.5, 0.6) is 0 Å². The second-order valence-corrected chi connectivity index (χ2v) is 6.89. The summed E-state index contributed by atoms with van der Waals surface area (Å²) in [6.07, 6.45) is 8.25. The summed E-state index contributed by atoms with van der Waals surface area (Å²) in [5, 5.41) is 15.4. The van der Waals surface area contributed by atoms with Crippen LogP contribution in [0.4, 0.5) is 0 Å². The van der Waals surface area contributed by atoms with Gasteiger partial charge >= 0.3 is 0 Å². The molecule has 1 saturated carbocycles. The highest BCUT2D eigenvalue weighted by molar-refractivity contribution is 7.99. The molecule has 0 radical (unpaired) electrons. The van der Waals surface area contributed by atoms with Crippen LogP contribution in [0.25, 0.3) is 0 Å². The summed E-state index contributed by atoms with van der Waals surface area (Å²) < 4.78 is 1.91. The van der Waals surface area contributed by atoms with Gasteiger partial charge in [-0.2, -0.15) is 16.9 Å². The predicted octanol–water partition coefficient (Wildman–Crippen LogP) is 2.95. The van der Waals surface area contributed by atoms with Crippen molar-refractivity contribution in [3.63, 3.8) is 0 Å². The van der Waals surface area contributed by atoms with E-state index in [0.29, 0.717) is 0 Å². The Kier molecular flexibility index (Phi) is 5.76. The molecule has 108 valence electrons. The summed E-state index contributed by atoms with van der Waals surface area (Å²) in [4.78, 5) is 0. The molecule has 2 rings (SSSR count). The minimum atomic E-state index is -0.243. The second kappa shape index (κ2) is 7.34. The zero-order valence-corrected chi connectivity index (χ0v) is 13.0. The van der Waals surface area contributed by atoms with E-state index in [-0.39, 0.29) is 6.10 Å². The third kappa shape index (κ3) is 4.53. The van der Waals surface area contributed by atoms with Crippen LogP contribution < -0.4 is 0 Å². The minimum Gasteiger partial charge on any atom is -0.392 e. The van der Waals surface area contributed by atoms with E-state index in [2.05, 4.69) is 18.1 Å². The van der Waals surface area contributed by atoms with Gasteiger partial charge in [0.25, 0.3) is 0 Å². The van der Waals surface area contributed by atoms with Crippen LogP contribution >= 0.6 is 11.8 Å². The number of aliphatic hydroxyl groups is 1. The highest BCUT2D eigenvalue weighted by Gasteiger charge is 2.16. The molecule has 0 amide bonds. The fourth-order valence-electron chi connectivity index (χ4n) is 2.71. The second-order valence-electron chi connectivity index (χ2n) is 5.56. The summed E-state index contributed by atoms with van der Waals surface area (Å²) in [5.41, 5.74) is 2.26. The van der Waals surface area contributed by atoms with Crippen LogP contribution in [-0.4, -0.2) is 32.0 Å². The molecule has 1 aromatic heterocycles. The van der Waals surface area contributed by atoms with E-state index >= 15 is 0 Å². The van der Waals surface area contributed by atoms with E-state index in [9.17, 15) is 5.11 Å². The first kappa shape index (κ1) is 14.9. The van der Waals surface area contributed by atoms with E-state index < -0.39 is 0 Å². The van der Waals surface area contributed by atoms with Crippen molar-refractivity contribution in [2.45, 2.75) is 63.2 Å². The molecule has 1 heterocycles. The Morgan fingerprint density at radius 3 is 2.79 bits per heavy atom. The van der Waals surface area contributed by atoms with Gasteiger partial charge in [0, 0.05) is 30.2 Å². The molecular weight excluding hydrogens is 256 g/mol. The van der Waals surface area contributed by atoms with E-state index in [1.165, 1.54) is 32.1 Å². The lowest BCUT2D eigenvalue weighted by atomic mass is 10.0. The average Bonchev–Trinajstić information content (AvgIpc) is 2.78. The fraction of sp³-hybridized carbons (Fsp3) is 0.800. The van der Waals surface area contributed by atoms with Crippen molar-refractivity contribution in [2.75, 3.05) is 5.75 Å². The Morgan fingerprint density at radius 2 is 2.16 bits per heavy atom. The van der Waals surface area contributed by atoms with Gasteiger partial charge in [0.1, 0.15) is 0 Å². The summed E-state index contributed by atoms with van der Waals surface area (Å²) >= 11 is 1.96. The third-order valence-corrected chi connectivity index (χ3v) is 5.43. The van der Waals surface area contributed by atoms with Crippen molar-refractivity contribution >= 4 is 11.8 Å². The first-order chi connectivity index (χ1) is 9.19. The molecule has 0 aliphatic heterocycles. The fourth-order valence-corrected chi connectivity index (χ4v) is 3.99. The number of nitrogens with zero attached hydrogens (tertiary/aromatic N) is 2. The molecule has 1 atom stereocenters. The number of aromatic nitrogens is 2. The summed E-state index contributed by atoms with van der Waals surface area (Å²) in [5.74, 6) is 0.858. The van der Waals surface area contributed by atoms with E-state index in [0.717, 1.165) is 35.2 Å². The topological polar surface area (TPSA) is 38.0 Å². The van der Waals surface area contributed by atoms with E-state index in [4.69, 9.17) is 0 Å². The molecule has 1 N–H and O–H groups in total. The normalized spacial score (nSPS) is 18.7. The number of hydrogen-bond donors (Lipinski definition) is 1. The van der Waals surface area contributed by atoms with Gasteiger partial charge in [-0.15, -0.1) is 0 Å². The van der Waals surface area contributed by atoms with Crippen molar-refractivity contribution in [1.82, 2.24) is 9.78 Å². The average molecular weight is 282 g/mol. The van der Waals surface area contributed by atoms with Crippen LogP contribution in [0, 0.1) is 0 Å². The monoisotopic (exact) mass is 282 g/mol. The largest absolute Gasteiger partial charge is 0.392 e. The van der Waals surface area contributed by atoms with E-state index in [1.54, 1.807) is 0 Å². The standard InChI is InChI=1S/C15H26N2OS/c1-3-12-9-13(17(2)16-12)10-14(18)11-19-15-7-5-4-6-8-15/h9,14-15,18H,3-8,10-11H2,1-2H3. The maximum Gasteiger partial charge on any atom is 0.0685 e. The lowest BCUT2D eigenvalue weighted by molar-refractivity contribution is 0.197. The number of aryl methyl sites for hydroxylation is 2. The molecule has 0 spiro atoms. The van der Waals surface area contributed by atoms with Gasteiger partial charge in [-0.3, -0.25) is 4.68 Å². The SMILES string of the molecule is CCc1cc(CC(O)CSC2CCCCC2)n(C)n1. The van der Waals surface area contributed by atoms with Crippen LogP contribution in [0.2, 0.25) is 0 Å². The molecule has 0 aromatic carbocycles. The van der Waals surface area contributed by atoms with Crippen LogP contribution in [-0.2, 0) is 19.9 Å². The van der Waals surface area contributed by atoms with Gasteiger partial charge in [-0.25, -0.2) is 0 Å². The van der Waals surface area contributed by atoms with Gasteiger partial charge in [0.05, 0.1) is 11.8 Å². The smallest absolute Gasteiger partial charge is 0.0685 e. The maximum atomic E-state index is 10.2. The first-order valence-corrected chi connectivity index (χ1v) is 8.55. The van der Waals surface area contributed by atoms with Crippen molar-refractivity contribution in [3.8, 4) is 0 Å². The van der Waals surface area contributed by atoms with Crippen molar-refractivity contribution in [1.29, 1.82) is 0 Å². The summed E-state index contributed by atoms with van der Waals surface area (Å²) in [6.45, 7) is 2.11. The molecule has 1 aliphatic rings. The van der Waals surface area contributed by atoms with Crippen molar-refractivity contribution in [3.05, 3.63) is 17.5 Å². The molecule has 0 bridgehead atoms. The summed E-state index contributed by atoms with van der Waals surface area (Å²) in [6, 6.07) is 2.12. The number of thioether (sulfide) groups is 1. The zero-order chi connectivity index (χ0) is 13.7. The van der Waals surface area contributed by atoms with Gasteiger partial charge in [-0.05, 0) is 25.3 Å². The Labute approximate surface area is 120 Å². The van der Waals surface area contributed by atoms with Crippen LogP contribution in [0.3, 0.4) is 0 Å². The van der Waals surface area contributed by atoms with E-state index in [1.807, 2.05) is 23.5 Å². The Bertz CT molecular complexity index is 385. The maximum absolute atomic E-state index is 10.2. The molecule has 1 unspecified atom stereocenters. The van der Waals surface area contributed by atoms with Gasteiger partial charge in [0.15, 0.2) is 0 Å². The highest BCUT2D eigenvalue weighted by atomic mass is 32.2. The summed E-state index contributed by atoms with van der Waals surface area (Å²) in [7, 11) is 1.97. The van der Waals surface area contributed by atoms with Gasteiger partial charge in [0.2, 0.25) is 0 Å². The minimum absolute atomic E-state index is 0.243. The van der Waals surface area contributed by atoms with Crippen LogP contribution in [0.15, 0.2) is 6.07 Å². The lowest BCUT2D eigenvalue weighted by Crippen LogP contribution is -2.19. The molecule has 1 aromatic rings. The molecule has 19 heavy (non-hydrogen) atoms. The lowest BCUT2D eigenvalue weighted by Gasteiger charge is -2.22. The molecule has 1 fully saturated rings. The third-order valence-electron chi connectivity index (χ3n) is 3.91. The van der Waals surface area contributed by atoms with Gasteiger partial charge < -0.3 is 5.11 Å². The molecule has 3 nitrogen and oxygen atoms in total. The molecule has 4 heteroatoms. The highest BCUT2D eigenvalue weighted by Crippen LogP contribution is 2.28. The molecular formula is C15H26N2OS.